The summed E-state index contributed by atoms with van der Waals surface area (Å²) in [7, 11) is 1.43. The molecular weight excluding hydrogens is 453 g/mol. The van der Waals surface area contributed by atoms with Crippen molar-refractivity contribution in [3.05, 3.63) is 63.7 Å². The maximum absolute atomic E-state index is 15.1. The fraction of sp³-hybridized carbons (Fsp3) is 0.320. The van der Waals surface area contributed by atoms with Gasteiger partial charge in [-0.1, -0.05) is 0 Å². The van der Waals surface area contributed by atoms with Crippen LogP contribution in [-0.4, -0.2) is 55.1 Å². The molecule has 1 aliphatic heterocycles. The van der Waals surface area contributed by atoms with Crippen LogP contribution < -0.4 is 25.8 Å². The van der Waals surface area contributed by atoms with Crippen molar-refractivity contribution in [2.24, 2.45) is 5.10 Å². The number of anilines is 1. The van der Waals surface area contributed by atoms with E-state index in [4.69, 9.17) is 4.74 Å². The van der Waals surface area contributed by atoms with Crippen LogP contribution in [0.25, 0.3) is 10.9 Å². The number of hydrogen-bond donors (Lipinski definition) is 3. The number of piperazine rings is 1. The van der Waals surface area contributed by atoms with Gasteiger partial charge in [-0.15, -0.1) is 0 Å². The number of pyridine rings is 1. The summed E-state index contributed by atoms with van der Waals surface area (Å²) >= 11 is 0. The third kappa shape index (κ3) is 4.57. The Morgan fingerprint density at radius 2 is 2.03 bits per heavy atom. The second-order valence-corrected chi connectivity index (χ2v) is 8.70. The fourth-order valence-corrected chi connectivity index (χ4v) is 4.32. The molecule has 5 rings (SSSR count). The molecule has 1 saturated heterocycles. The molecule has 1 aliphatic carbocycles. The highest BCUT2D eigenvalue weighted by molar-refractivity contribution is 5.98. The van der Waals surface area contributed by atoms with Crippen molar-refractivity contribution in [1.29, 1.82) is 0 Å². The molecule has 2 heterocycles. The zero-order chi connectivity index (χ0) is 24.5. The Labute approximate surface area is 200 Å². The lowest BCUT2D eigenvalue weighted by molar-refractivity contribution is 0.0953. The Morgan fingerprint density at radius 1 is 1.26 bits per heavy atom. The van der Waals surface area contributed by atoms with Gasteiger partial charge in [-0.05, 0) is 48.7 Å². The summed E-state index contributed by atoms with van der Waals surface area (Å²) in [5.74, 6) is -0.905. The molecule has 10 heteroatoms. The average Bonchev–Trinajstić information content (AvgIpc) is 3.71. The molecule has 1 saturated carbocycles. The Kier molecular flexibility index (Phi) is 6.12. The lowest BCUT2D eigenvalue weighted by Gasteiger charge is -2.30. The molecule has 1 amide bonds. The van der Waals surface area contributed by atoms with E-state index in [0.29, 0.717) is 29.9 Å². The van der Waals surface area contributed by atoms with Crippen LogP contribution in [0.4, 0.5) is 10.1 Å². The number of amides is 1. The van der Waals surface area contributed by atoms with Crippen molar-refractivity contribution in [1.82, 2.24) is 15.3 Å². The molecule has 0 atom stereocenters. The number of carbonyl (C=O) groups is 1. The van der Waals surface area contributed by atoms with Crippen LogP contribution in [0.3, 0.4) is 0 Å². The highest BCUT2D eigenvalue weighted by Crippen LogP contribution is 2.38. The van der Waals surface area contributed by atoms with E-state index in [1.807, 2.05) is 9.47 Å². The fourth-order valence-electron chi connectivity index (χ4n) is 4.32. The molecule has 35 heavy (non-hydrogen) atoms. The number of ether oxygens (including phenoxy) is 1. The maximum Gasteiger partial charge on any atom is 0.276 e. The Bertz CT molecular complexity index is 1380. The molecule has 0 radical (unpaired) electrons. The molecule has 2 aliphatic rings. The van der Waals surface area contributed by atoms with E-state index in [2.05, 4.69) is 15.8 Å². The van der Waals surface area contributed by atoms with Gasteiger partial charge in [0.05, 0.1) is 24.5 Å². The second kappa shape index (κ2) is 9.38. The van der Waals surface area contributed by atoms with Crippen molar-refractivity contribution >= 4 is 28.7 Å². The third-order valence-electron chi connectivity index (χ3n) is 6.33. The number of phenolic OH excluding ortho intramolecular Hbond substituents is 1. The largest absolute Gasteiger partial charge is 0.504 e. The summed E-state index contributed by atoms with van der Waals surface area (Å²) < 4.78 is 22.0. The normalized spacial score (nSPS) is 16.1. The zero-order valence-electron chi connectivity index (χ0n) is 19.3. The van der Waals surface area contributed by atoms with Gasteiger partial charge < -0.3 is 24.6 Å². The smallest absolute Gasteiger partial charge is 0.276 e. The maximum atomic E-state index is 15.1. The van der Waals surface area contributed by atoms with E-state index in [9.17, 15) is 14.7 Å². The monoisotopic (exact) mass is 479 g/mol. The highest BCUT2D eigenvalue weighted by atomic mass is 19.1. The summed E-state index contributed by atoms with van der Waals surface area (Å²) in [6.45, 7) is 2.90. The molecule has 3 N–H and O–H groups in total. The van der Waals surface area contributed by atoms with Gasteiger partial charge >= 0.3 is 0 Å². The predicted molar refractivity (Wildman–Crippen MR) is 131 cm³/mol. The summed E-state index contributed by atoms with van der Waals surface area (Å²) in [6, 6.07) is 7.74. The molecular formula is C25H26FN5O4. The standard InChI is InChI=1S/C25H26FN5O4/c1-35-23-10-15(2-5-22(23)32)13-28-29-25(34)18-14-31(16-3-4-16)20-12-21(30-8-6-27-7-9-30)19(26)11-17(20)24(18)33/h2,5,10-14,16,27,32H,3-4,6-9H2,1H3,(H,29,34)/b28-13+. The van der Waals surface area contributed by atoms with Gasteiger partial charge in [0.25, 0.3) is 5.91 Å². The number of rotatable bonds is 6. The number of nitrogens with one attached hydrogen (secondary N) is 2. The molecule has 2 fully saturated rings. The van der Waals surface area contributed by atoms with Gasteiger partial charge in [0.2, 0.25) is 5.43 Å². The topological polar surface area (TPSA) is 108 Å². The average molecular weight is 480 g/mol. The zero-order valence-corrected chi connectivity index (χ0v) is 19.3. The van der Waals surface area contributed by atoms with Crippen LogP contribution in [0.5, 0.6) is 11.5 Å². The van der Waals surface area contributed by atoms with Crippen molar-refractivity contribution < 1.29 is 19.0 Å². The number of carbonyl (C=O) groups excluding carboxylic acids is 1. The predicted octanol–water partition coefficient (Wildman–Crippen LogP) is 2.36. The van der Waals surface area contributed by atoms with Crippen molar-refractivity contribution in [2.45, 2.75) is 18.9 Å². The first-order chi connectivity index (χ1) is 17.0. The number of fused-ring (bicyclic) bond motifs is 1. The van der Waals surface area contributed by atoms with Crippen LogP contribution >= 0.6 is 0 Å². The first kappa shape index (κ1) is 22.9. The quantitative estimate of drug-likeness (QED) is 0.370. The van der Waals surface area contributed by atoms with Crippen molar-refractivity contribution in [3.63, 3.8) is 0 Å². The van der Waals surface area contributed by atoms with Gasteiger partial charge in [0.1, 0.15) is 11.4 Å². The van der Waals surface area contributed by atoms with Gasteiger partial charge in [0.15, 0.2) is 11.5 Å². The van der Waals surface area contributed by atoms with Gasteiger partial charge in [-0.25, -0.2) is 9.82 Å². The number of phenols is 1. The Hall–Kier alpha value is -3.92. The summed E-state index contributed by atoms with van der Waals surface area (Å²) in [6.07, 6.45) is 4.79. The van der Waals surface area contributed by atoms with Crippen LogP contribution in [0, 0.1) is 5.82 Å². The first-order valence-electron chi connectivity index (χ1n) is 11.5. The number of hydrazone groups is 1. The van der Waals surface area contributed by atoms with Gasteiger partial charge in [-0.3, -0.25) is 9.59 Å². The molecule has 1 aromatic heterocycles. The highest BCUT2D eigenvalue weighted by Gasteiger charge is 2.28. The van der Waals surface area contributed by atoms with E-state index in [-0.39, 0.29) is 28.5 Å². The minimum atomic E-state index is -0.681. The van der Waals surface area contributed by atoms with E-state index in [1.165, 1.54) is 25.5 Å². The molecule has 0 unspecified atom stereocenters. The molecule has 3 aromatic rings. The second-order valence-electron chi connectivity index (χ2n) is 8.70. The number of nitrogens with zero attached hydrogens (tertiary/aromatic N) is 3. The minimum Gasteiger partial charge on any atom is -0.504 e. The van der Waals surface area contributed by atoms with Crippen molar-refractivity contribution in [2.75, 3.05) is 38.2 Å². The number of hydrogen-bond acceptors (Lipinski definition) is 7. The van der Waals surface area contributed by atoms with Crippen molar-refractivity contribution in [3.8, 4) is 11.5 Å². The third-order valence-corrected chi connectivity index (χ3v) is 6.33. The van der Waals surface area contributed by atoms with Crippen LogP contribution in [0.1, 0.15) is 34.8 Å². The van der Waals surface area contributed by atoms with E-state index in [0.717, 1.165) is 25.9 Å². The lowest BCUT2D eigenvalue weighted by atomic mass is 10.1. The molecule has 0 spiro atoms. The van der Waals surface area contributed by atoms with Gasteiger partial charge in [0, 0.05) is 43.8 Å². The molecule has 182 valence electrons. The minimum absolute atomic E-state index is 0.0159. The lowest BCUT2D eigenvalue weighted by Crippen LogP contribution is -2.43. The number of benzene rings is 2. The Morgan fingerprint density at radius 3 is 2.74 bits per heavy atom. The SMILES string of the molecule is COc1cc(/C=N/NC(=O)c2cn(C3CC3)c3cc(N4CCNCC4)c(F)cc3c2=O)ccc1O. The summed E-state index contributed by atoms with van der Waals surface area (Å²) in [5, 5.41) is 17.0. The number of halogens is 1. The van der Waals surface area contributed by atoms with E-state index in [1.54, 1.807) is 24.4 Å². The summed E-state index contributed by atoms with van der Waals surface area (Å²) in [4.78, 5) is 28.0. The number of aromatic hydroxyl groups is 1. The Balaban J connectivity index is 1.47. The molecule has 0 bridgehead atoms. The molecule has 2 aromatic carbocycles. The van der Waals surface area contributed by atoms with Gasteiger partial charge in [-0.2, -0.15) is 5.10 Å². The van der Waals surface area contributed by atoms with Crippen LogP contribution in [0.2, 0.25) is 0 Å². The first-order valence-corrected chi connectivity index (χ1v) is 11.5. The number of methoxy groups -OCH3 is 1. The molecule has 9 nitrogen and oxygen atoms in total. The van der Waals surface area contributed by atoms with E-state index < -0.39 is 17.2 Å². The van der Waals surface area contributed by atoms with Crippen LogP contribution in [0.15, 0.2) is 46.4 Å². The van der Waals surface area contributed by atoms with E-state index >= 15 is 4.39 Å². The van der Waals surface area contributed by atoms with Crippen LogP contribution in [-0.2, 0) is 0 Å². The number of aromatic nitrogens is 1. The summed E-state index contributed by atoms with van der Waals surface area (Å²) in [5.41, 5.74) is 3.42.